The van der Waals surface area contributed by atoms with Crippen LogP contribution in [0.2, 0.25) is 20.1 Å². The number of hydrogen-bond donors (Lipinski definition) is 2. The summed E-state index contributed by atoms with van der Waals surface area (Å²) in [7, 11) is 0. The minimum absolute atomic E-state index is 0.334. The fourth-order valence-electron chi connectivity index (χ4n) is 2.62. The van der Waals surface area contributed by atoms with Crippen molar-refractivity contribution >= 4 is 81.7 Å². The van der Waals surface area contributed by atoms with Crippen LogP contribution in [-0.4, -0.2) is 11.8 Å². The third-order valence-corrected chi connectivity index (χ3v) is 5.62. The number of anilines is 2. The molecule has 162 valence electrons. The van der Waals surface area contributed by atoms with Gasteiger partial charge in [0.2, 0.25) is 11.8 Å². The molecule has 0 aliphatic carbocycles. The fraction of sp³-hybridized carbons (Fsp3) is 0. The Kier molecular flexibility index (Phi) is 8.37. The van der Waals surface area contributed by atoms with Gasteiger partial charge in [-0.15, -0.1) is 0 Å². The Morgan fingerprint density at radius 2 is 1.03 bits per heavy atom. The third kappa shape index (κ3) is 7.14. The van der Waals surface area contributed by atoms with Gasteiger partial charge in [-0.1, -0.05) is 64.6 Å². The van der Waals surface area contributed by atoms with Gasteiger partial charge in [-0.25, -0.2) is 0 Å². The van der Waals surface area contributed by atoms with Gasteiger partial charge >= 0.3 is 0 Å². The Hall–Kier alpha value is -2.76. The molecule has 8 heteroatoms. The van der Waals surface area contributed by atoms with Crippen molar-refractivity contribution in [2.24, 2.45) is 0 Å². The van der Waals surface area contributed by atoms with Gasteiger partial charge in [0.15, 0.2) is 0 Å². The first-order valence-electron chi connectivity index (χ1n) is 9.28. The molecule has 4 nitrogen and oxygen atoms in total. The molecule has 0 unspecified atom stereocenters. The SMILES string of the molecule is O=C(C=Cc1ccc(Cl)c(Cl)c1)Nc1cccc(NC(=O)C=Cc2ccc(Cl)c(Cl)c2)c1. The maximum Gasteiger partial charge on any atom is 0.248 e. The van der Waals surface area contributed by atoms with Gasteiger partial charge in [0.25, 0.3) is 0 Å². The molecule has 0 fully saturated rings. The molecule has 0 saturated heterocycles. The molecule has 0 saturated carbocycles. The molecule has 0 bridgehead atoms. The molecule has 0 atom stereocenters. The average molecular weight is 506 g/mol. The highest BCUT2D eigenvalue weighted by Crippen LogP contribution is 2.24. The second-order valence-electron chi connectivity index (χ2n) is 6.57. The van der Waals surface area contributed by atoms with E-state index >= 15 is 0 Å². The van der Waals surface area contributed by atoms with Crippen molar-refractivity contribution in [2.75, 3.05) is 10.6 Å². The van der Waals surface area contributed by atoms with Gasteiger partial charge in [0.05, 0.1) is 20.1 Å². The topological polar surface area (TPSA) is 58.2 Å². The zero-order valence-corrected chi connectivity index (χ0v) is 19.4. The summed E-state index contributed by atoms with van der Waals surface area (Å²) >= 11 is 23.7. The van der Waals surface area contributed by atoms with E-state index < -0.39 is 0 Å². The lowest BCUT2D eigenvalue weighted by atomic mass is 10.2. The molecule has 2 N–H and O–H groups in total. The first-order chi connectivity index (χ1) is 15.3. The van der Waals surface area contributed by atoms with Crippen molar-refractivity contribution in [3.8, 4) is 0 Å². The van der Waals surface area contributed by atoms with Crippen LogP contribution in [0.5, 0.6) is 0 Å². The van der Waals surface area contributed by atoms with Crippen LogP contribution in [0, 0.1) is 0 Å². The van der Waals surface area contributed by atoms with Crippen molar-refractivity contribution in [1.82, 2.24) is 0 Å². The van der Waals surface area contributed by atoms with E-state index in [1.54, 1.807) is 72.8 Å². The van der Waals surface area contributed by atoms with Gasteiger partial charge in [0.1, 0.15) is 0 Å². The highest BCUT2D eigenvalue weighted by molar-refractivity contribution is 6.42. The number of carbonyl (C=O) groups is 2. The number of rotatable bonds is 6. The summed E-state index contributed by atoms with van der Waals surface area (Å²) < 4.78 is 0. The lowest BCUT2D eigenvalue weighted by Crippen LogP contribution is -2.10. The molecular formula is C24H16Cl4N2O2. The van der Waals surface area contributed by atoms with E-state index in [-0.39, 0.29) is 11.8 Å². The molecule has 32 heavy (non-hydrogen) atoms. The molecule has 3 rings (SSSR count). The number of benzene rings is 3. The minimum atomic E-state index is -0.334. The van der Waals surface area contributed by atoms with E-state index in [4.69, 9.17) is 46.4 Å². The number of halogens is 4. The summed E-state index contributed by atoms with van der Waals surface area (Å²) in [5.41, 5.74) is 2.54. The van der Waals surface area contributed by atoms with E-state index in [1.807, 2.05) is 0 Å². The van der Waals surface area contributed by atoms with Crippen molar-refractivity contribution in [2.45, 2.75) is 0 Å². The van der Waals surface area contributed by atoms with Gasteiger partial charge in [0, 0.05) is 23.5 Å². The number of carbonyl (C=O) groups excluding carboxylic acids is 2. The van der Waals surface area contributed by atoms with Crippen LogP contribution in [-0.2, 0) is 9.59 Å². The van der Waals surface area contributed by atoms with Crippen molar-refractivity contribution in [3.63, 3.8) is 0 Å². The second kappa shape index (κ2) is 11.2. The Balaban J connectivity index is 1.59. The molecule has 2 amide bonds. The molecule has 0 aliphatic heterocycles. The van der Waals surface area contributed by atoms with E-state index in [2.05, 4.69) is 10.6 Å². The van der Waals surface area contributed by atoms with Crippen LogP contribution in [0.4, 0.5) is 11.4 Å². The first kappa shape index (κ1) is 23.9. The number of hydrogen-bond acceptors (Lipinski definition) is 2. The summed E-state index contributed by atoms with van der Waals surface area (Å²) in [4.78, 5) is 24.4. The molecule has 0 aromatic heterocycles. The lowest BCUT2D eigenvalue weighted by Gasteiger charge is -2.06. The quantitative estimate of drug-likeness (QED) is 0.339. The van der Waals surface area contributed by atoms with Gasteiger partial charge in [-0.05, 0) is 65.7 Å². The van der Waals surface area contributed by atoms with Gasteiger partial charge < -0.3 is 10.6 Å². The smallest absolute Gasteiger partial charge is 0.248 e. The van der Waals surface area contributed by atoms with E-state index in [9.17, 15) is 9.59 Å². The number of nitrogens with one attached hydrogen (secondary N) is 2. The highest BCUT2D eigenvalue weighted by Gasteiger charge is 2.03. The van der Waals surface area contributed by atoms with E-state index in [1.165, 1.54) is 12.2 Å². The molecule has 0 aliphatic rings. The Morgan fingerprint density at radius 3 is 1.44 bits per heavy atom. The van der Waals surface area contributed by atoms with Crippen LogP contribution in [0.3, 0.4) is 0 Å². The lowest BCUT2D eigenvalue weighted by molar-refractivity contribution is -0.112. The molecule has 0 heterocycles. The van der Waals surface area contributed by atoms with Crippen LogP contribution in [0.15, 0.2) is 72.8 Å². The molecule has 0 spiro atoms. The summed E-state index contributed by atoms with van der Waals surface area (Å²) in [6, 6.07) is 16.9. The summed E-state index contributed by atoms with van der Waals surface area (Å²) in [6.45, 7) is 0. The van der Waals surface area contributed by atoms with Crippen LogP contribution in [0.25, 0.3) is 12.2 Å². The predicted molar refractivity (Wildman–Crippen MR) is 135 cm³/mol. The minimum Gasteiger partial charge on any atom is -0.322 e. The van der Waals surface area contributed by atoms with Crippen molar-refractivity contribution in [1.29, 1.82) is 0 Å². The third-order valence-electron chi connectivity index (χ3n) is 4.14. The highest BCUT2D eigenvalue weighted by atomic mass is 35.5. The maximum atomic E-state index is 12.2. The predicted octanol–water partition coefficient (Wildman–Crippen LogP) is 7.60. The Morgan fingerprint density at radius 1 is 0.594 bits per heavy atom. The van der Waals surface area contributed by atoms with Crippen molar-refractivity contribution < 1.29 is 9.59 Å². The van der Waals surface area contributed by atoms with Crippen LogP contribution >= 0.6 is 46.4 Å². The standard InChI is InChI=1S/C24H16Cl4N2O2/c25-19-8-4-15(12-21(19)27)6-10-23(31)29-17-2-1-3-18(14-17)30-24(32)11-7-16-5-9-20(26)22(28)13-16/h1-14H,(H,29,31)(H,30,32). The zero-order chi connectivity index (χ0) is 23.1. The van der Waals surface area contributed by atoms with Gasteiger partial charge in [-0.2, -0.15) is 0 Å². The van der Waals surface area contributed by atoms with Crippen LogP contribution in [0.1, 0.15) is 11.1 Å². The molecule has 3 aromatic rings. The Bertz CT molecular complexity index is 1130. The second-order valence-corrected chi connectivity index (χ2v) is 8.20. The molecular weight excluding hydrogens is 490 g/mol. The first-order valence-corrected chi connectivity index (χ1v) is 10.8. The fourth-order valence-corrected chi connectivity index (χ4v) is 3.23. The zero-order valence-electron chi connectivity index (χ0n) is 16.4. The van der Waals surface area contributed by atoms with Gasteiger partial charge in [-0.3, -0.25) is 9.59 Å². The number of amides is 2. The summed E-state index contributed by atoms with van der Waals surface area (Å²) in [5, 5.41) is 7.18. The maximum absolute atomic E-state index is 12.2. The summed E-state index contributed by atoms with van der Waals surface area (Å²) in [6.07, 6.45) is 6.00. The average Bonchev–Trinajstić information content (AvgIpc) is 2.75. The monoisotopic (exact) mass is 504 g/mol. The Labute approximate surface area is 205 Å². The largest absolute Gasteiger partial charge is 0.322 e. The van der Waals surface area contributed by atoms with Crippen molar-refractivity contribution in [3.05, 3.63) is 104 Å². The normalized spacial score (nSPS) is 11.1. The van der Waals surface area contributed by atoms with E-state index in [0.29, 0.717) is 31.5 Å². The molecule has 3 aromatic carbocycles. The molecule has 0 radical (unpaired) electrons. The van der Waals surface area contributed by atoms with Crippen LogP contribution < -0.4 is 10.6 Å². The summed E-state index contributed by atoms with van der Waals surface area (Å²) in [5.74, 6) is -0.668. The van der Waals surface area contributed by atoms with E-state index in [0.717, 1.165) is 11.1 Å².